The van der Waals surface area contributed by atoms with E-state index in [9.17, 15) is 14.7 Å². The lowest BCUT2D eigenvalue weighted by Crippen LogP contribution is -2.49. The molecule has 0 bridgehead atoms. The number of nitrogens with zero attached hydrogens (tertiary/aromatic N) is 3. The van der Waals surface area contributed by atoms with Gasteiger partial charge in [-0.15, -0.1) is 0 Å². The fraction of sp³-hybridized carbons (Fsp3) is 0.622. The van der Waals surface area contributed by atoms with E-state index in [1.54, 1.807) is 0 Å². The molecule has 2 aliphatic heterocycles. The first kappa shape index (κ1) is 31.1. The van der Waals surface area contributed by atoms with Gasteiger partial charge in [0, 0.05) is 57.6 Å². The Morgan fingerprint density at radius 1 is 0.864 bits per heavy atom. The highest BCUT2D eigenvalue weighted by atomic mass is 16.6. The van der Waals surface area contributed by atoms with Gasteiger partial charge in [0.05, 0.1) is 6.61 Å². The molecule has 1 N–H and O–H groups in total. The summed E-state index contributed by atoms with van der Waals surface area (Å²) in [4.78, 5) is 32.8. The van der Waals surface area contributed by atoms with Crippen LogP contribution in [0.15, 0.2) is 60.7 Å². The quantitative estimate of drug-likeness (QED) is 0.308. The van der Waals surface area contributed by atoms with Crippen LogP contribution in [0.5, 0.6) is 0 Å². The molecule has 4 fully saturated rings. The predicted molar refractivity (Wildman–Crippen MR) is 173 cm³/mol. The molecule has 2 saturated carbocycles. The third-order valence-electron chi connectivity index (χ3n) is 10.8. The molecular weight excluding hydrogens is 550 g/mol. The normalized spacial score (nSPS) is 24.6. The molecule has 0 radical (unpaired) electrons. The first-order valence-electron chi connectivity index (χ1n) is 17.3. The smallest absolute Gasteiger partial charge is 0.410 e. The van der Waals surface area contributed by atoms with Crippen molar-refractivity contribution in [3.63, 3.8) is 0 Å². The summed E-state index contributed by atoms with van der Waals surface area (Å²) in [6.07, 6.45) is 10.6. The second-order valence-electron chi connectivity index (χ2n) is 13.9. The van der Waals surface area contributed by atoms with Crippen LogP contribution >= 0.6 is 0 Å². The molecule has 0 spiro atoms. The van der Waals surface area contributed by atoms with Gasteiger partial charge in [0.2, 0.25) is 0 Å². The topological polar surface area (TPSA) is 73.3 Å². The molecule has 1 amide bonds. The average Bonchev–Trinajstić information content (AvgIpc) is 3.79. The van der Waals surface area contributed by atoms with E-state index in [1.807, 2.05) is 23.1 Å². The van der Waals surface area contributed by atoms with Crippen molar-refractivity contribution in [1.82, 2.24) is 14.7 Å². The number of carboxylic acids is 1. The van der Waals surface area contributed by atoms with Gasteiger partial charge in [-0.05, 0) is 67.4 Å². The van der Waals surface area contributed by atoms with Crippen molar-refractivity contribution in [2.24, 2.45) is 17.8 Å². The van der Waals surface area contributed by atoms with Gasteiger partial charge in [-0.25, -0.2) is 4.79 Å². The Bertz CT molecular complexity index is 1190. The third kappa shape index (κ3) is 8.02. The molecular formula is C37H51N3O4. The molecule has 7 heteroatoms. The minimum absolute atomic E-state index is 0.149. The maximum absolute atomic E-state index is 13.3. The summed E-state index contributed by atoms with van der Waals surface area (Å²) in [5, 5.41) is 10.4. The molecule has 7 nitrogen and oxygen atoms in total. The number of carbonyl (C=O) groups is 2. The lowest BCUT2D eigenvalue weighted by atomic mass is 9.83. The van der Waals surface area contributed by atoms with Gasteiger partial charge in [0.1, 0.15) is 6.04 Å². The fourth-order valence-electron chi connectivity index (χ4n) is 8.18. The van der Waals surface area contributed by atoms with Gasteiger partial charge in [-0.3, -0.25) is 9.69 Å². The number of hydrogen-bond acceptors (Lipinski definition) is 5. The van der Waals surface area contributed by atoms with Crippen LogP contribution in [-0.4, -0.2) is 89.8 Å². The predicted octanol–water partition coefficient (Wildman–Crippen LogP) is 6.29. The summed E-state index contributed by atoms with van der Waals surface area (Å²) in [6, 6.07) is 20.8. The molecule has 2 aromatic rings. The van der Waals surface area contributed by atoms with Crippen LogP contribution in [0.4, 0.5) is 4.79 Å². The van der Waals surface area contributed by atoms with E-state index in [0.717, 1.165) is 84.2 Å². The molecule has 2 heterocycles. The molecule has 0 aromatic heterocycles. The van der Waals surface area contributed by atoms with Crippen LogP contribution in [0.25, 0.3) is 0 Å². The Balaban J connectivity index is 1.06. The molecule has 44 heavy (non-hydrogen) atoms. The molecule has 3 unspecified atom stereocenters. The number of aliphatic carboxylic acids is 1. The highest BCUT2D eigenvalue weighted by molar-refractivity contribution is 5.74. The van der Waals surface area contributed by atoms with Crippen molar-refractivity contribution in [3.05, 3.63) is 71.8 Å². The molecule has 3 atom stereocenters. The lowest BCUT2D eigenvalue weighted by molar-refractivity contribution is -0.145. The van der Waals surface area contributed by atoms with Gasteiger partial charge in [0.25, 0.3) is 0 Å². The summed E-state index contributed by atoms with van der Waals surface area (Å²) in [5.74, 6) is 0.973. The Labute approximate surface area is 263 Å². The van der Waals surface area contributed by atoms with Gasteiger partial charge in [-0.2, -0.15) is 0 Å². The number of carbonyl (C=O) groups excluding carboxylic acids is 1. The summed E-state index contributed by atoms with van der Waals surface area (Å²) in [5.41, 5.74) is 2.52. The number of likely N-dealkylation sites (tertiary alicyclic amines) is 2. The van der Waals surface area contributed by atoms with E-state index < -0.39 is 5.97 Å². The minimum Gasteiger partial charge on any atom is -0.480 e. The number of rotatable bonds is 12. The minimum atomic E-state index is -0.642. The molecule has 2 saturated heterocycles. The number of amides is 1. The summed E-state index contributed by atoms with van der Waals surface area (Å²) in [6.45, 7) is 5.81. The number of carboxylic acid groups (broad SMARTS) is 1. The molecule has 6 rings (SSSR count). The van der Waals surface area contributed by atoms with Crippen molar-refractivity contribution in [2.45, 2.75) is 82.2 Å². The number of hydrogen-bond donors (Lipinski definition) is 1. The second kappa shape index (κ2) is 14.9. The van der Waals surface area contributed by atoms with E-state index >= 15 is 0 Å². The van der Waals surface area contributed by atoms with Crippen LogP contribution in [0.1, 0.15) is 74.8 Å². The zero-order chi connectivity index (χ0) is 30.3. The average molecular weight is 602 g/mol. The first-order valence-corrected chi connectivity index (χ1v) is 17.3. The monoisotopic (exact) mass is 601 g/mol. The van der Waals surface area contributed by atoms with E-state index in [0.29, 0.717) is 24.4 Å². The first-order chi connectivity index (χ1) is 21.5. The number of ether oxygens (including phenoxy) is 1. The van der Waals surface area contributed by atoms with Crippen LogP contribution in [-0.2, 0) is 16.0 Å². The highest BCUT2D eigenvalue weighted by Crippen LogP contribution is 2.39. The maximum Gasteiger partial charge on any atom is 0.410 e. The Kier molecular flexibility index (Phi) is 10.5. The third-order valence-corrected chi connectivity index (χ3v) is 10.8. The van der Waals surface area contributed by atoms with E-state index in [1.165, 1.54) is 30.4 Å². The molecule has 4 aliphatic rings. The van der Waals surface area contributed by atoms with Crippen molar-refractivity contribution < 1.29 is 19.4 Å². The van der Waals surface area contributed by atoms with Gasteiger partial charge in [0.15, 0.2) is 0 Å². The van der Waals surface area contributed by atoms with E-state index in [4.69, 9.17) is 4.74 Å². The van der Waals surface area contributed by atoms with Crippen molar-refractivity contribution in [2.75, 3.05) is 45.9 Å². The largest absolute Gasteiger partial charge is 0.480 e. The molecule has 2 aliphatic carbocycles. The van der Waals surface area contributed by atoms with Crippen LogP contribution in [0.3, 0.4) is 0 Å². The van der Waals surface area contributed by atoms with Crippen LogP contribution < -0.4 is 0 Å². The van der Waals surface area contributed by atoms with Crippen molar-refractivity contribution in [3.8, 4) is 0 Å². The van der Waals surface area contributed by atoms with Gasteiger partial charge < -0.3 is 19.6 Å². The number of piperidine rings is 1. The van der Waals surface area contributed by atoms with E-state index in [2.05, 4.69) is 52.3 Å². The van der Waals surface area contributed by atoms with E-state index in [-0.39, 0.29) is 24.1 Å². The standard InChI is InChI=1S/C37H51N3O4/c41-36(42)35(31-14-8-3-9-15-31)39-26-32(34(27-39)30-12-6-2-7-13-30)25-38-21-18-33(19-22-38)40(24-29-16-17-29)37(43)44-23-20-28-10-4-1-5-11-28/h1-2,4-7,10-13,29,31-35H,3,8-9,14-27H2,(H,41,42). The molecule has 238 valence electrons. The van der Waals surface area contributed by atoms with Gasteiger partial charge >= 0.3 is 12.1 Å². The number of benzene rings is 2. The molecule has 2 aromatic carbocycles. The zero-order valence-corrected chi connectivity index (χ0v) is 26.3. The lowest BCUT2D eigenvalue weighted by Gasteiger charge is -2.39. The van der Waals surface area contributed by atoms with Crippen LogP contribution in [0.2, 0.25) is 0 Å². The van der Waals surface area contributed by atoms with Crippen LogP contribution in [0, 0.1) is 17.8 Å². The SMILES string of the molecule is O=C(O)C(C1CCCCC1)N1CC(CN2CCC(N(CC3CC3)C(=O)OCCc3ccccc3)CC2)C(c2ccccc2)C1. The Hall–Kier alpha value is -2.90. The summed E-state index contributed by atoms with van der Waals surface area (Å²) < 4.78 is 5.81. The second-order valence-corrected chi connectivity index (χ2v) is 13.9. The summed E-state index contributed by atoms with van der Waals surface area (Å²) >= 11 is 0. The van der Waals surface area contributed by atoms with Gasteiger partial charge in [-0.1, -0.05) is 79.9 Å². The highest BCUT2D eigenvalue weighted by Gasteiger charge is 2.43. The Morgan fingerprint density at radius 2 is 1.55 bits per heavy atom. The summed E-state index contributed by atoms with van der Waals surface area (Å²) in [7, 11) is 0. The Morgan fingerprint density at radius 3 is 2.20 bits per heavy atom. The fourth-order valence-corrected chi connectivity index (χ4v) is 8.18. The maximum atomic E-state index is 13.3. The van der Waals surface area contributed by atoms with Crippen molar-refractivity contribution >= 4 is 12.1 Å². The zero-order valence-electron chi connectivity index (χ0n) is 26.3. The van der Waals surface area contributed by atoms with Crippen molar-refractivity contribution in [1.29, 1.82) is 0 Å².